The monoisotopic (exact) mass is 417 g/mol. The fourth-order valence-corrected chi connectivity index (χ4v) is 3.28. The molecule has 3 aromatic rings. The summed E-state index contributed by atoms with van der Waals surface area (Å²) in [5, 5.41) is 5.40. The van der Waals surface area contributed by atoms with Gasteiger partial charge < -0.3 is 15.1 Å². The van der Waals surface area contributed by atoms with Gasteiger partial charge in [-0.05, 0) is 55.5 Å². The van der Waals surface area contributed by atoms with E-state index in [9.17, 15) is 19.2 Å². The Morgan fingerprint density at radius 3 is 2.26 bits per heavy atom. The molecule has 2 heterocycles. The van der Waals surface area contributed by atoms with Crippen LogP contribution in [0.1, 0.15) is 43.3 Å². The van der Waals surface area contributed by atoms with Crippen LogP contribution in [-0.4, -0.2) is 35.1 Å². The third-order valence-electron chi connectivity index (χ3n) is 4.86. The van der Waals surface area contributed by atoms with Gasteiger partial charge in [0.2, 0.25) is 5.91 Å². The number of aryl methyl sites for hydroxylation is 1. The second-order valence-electron chi connectivity index (χ2n) is 7.12. The molecular formula is C23H19N3O5. The number of hydrogen-bond acceptors (Lipinski definition) is 5. The highest BCUT2D eigenvalue weighted by Gasteiger charge is 2.35. The molecule has 0 saturated carbocycles. The predicted octanol–water partition coefficient (Wildman–Crippen LogP) is 3.47. The number of carbonyl (C=O) groups excluding carboxylic acids is 4. The van der Waals surface area contributed by atoms with Crippen molar-refractivity contribution in [1.29, 1.82) is 0 Å². The lowest BCUT2D eigenvalue weighted by Gasteiger charge is -2.13. The van der Waals surface area contributed by atoms with Crippen molar-refractivity contribution in [3.05, 3.63) is 83.3 Å². The minimum absolute atomic E-state index is 0.00544. The van der Waals surface area contributed by atoms with Gasteiger partial charge in [-0.2, -0.15) is 0 Å². The first-order valence-electron chi connectivity index (χ1n) is 9.64. The number of nitrogens with zero attached hydrogens (tertiary/aromatic N) is 1. The Morgan fingerprint density at radius 1 is 0.903 bits per heavy atom. The molecule has 0 saturated heterocycles. The van der Waals surface area contributed by atoms with Crippen molar-refractivity contribution in [2.24, 2.45) is 0 Å². The van der Waals surface area contributed by atoms with Crippen molar-refractivity contribution in [3.63, 3.8) is 0 Å². The first-order chi connectivity index (χ1) is 14.9. The topological polar surface area (TPSA) is 109 Å². The summed E-state index contributed by atoms with van der Waals surface area (Å²) in [6.45, 7) is 1.84. The Morgan fingerprint density at radius 2 is 1.58 bits per heavy atom. The molecule has 156 valence electrons. The molecule has 8 heteroatoms. The fraction of sp³-hybridized carbons (Fsp3) is 0.130. The largest absolute Gasteiger partial charge is 0.459 e. The first kappa shape index (κ1) is 20.1. The van der Waals surface area contributed by atoms with Gasteiger partial charge in [0.15, 0.2) is 5.76 Å². The lowest BCUT2D eigenvalue weighted by Crippen LogP contribution is -2.32. The summed E-state index contributed by atoms with van der Waals surface area (Å²) in [4.78, 5) is 50.3. The van der Waals surface area contributed by atoms with E-state index in [0.29, 0.717) is 22.5 Å². The number of fused-ring (bicyclic) bond motifs is 1. The second-order valence-corrected chi connectivity index (χ2v) is 7.12. The van der Waals surface area contributed by atoms with Crippen LogP contribution < -0.4 is 10.6 Å². The minimum Gasteiger partial charge on any atom is -0.459 e. The third-order valence-corrected chi connectivity index (χ3v) is 4.86. The summed E-state index contributed by atoms with van der Waals surface area (Å²) in [5.41, 5.74) is 2.70. The zero-order chi connectivity index (χ0) is 22.0. The summed E-state index contributed by atoms with van der Waals surface area (Å²) in [6, 6.07) is 14.8. The van der Waals surface area contributed by atoms with Crippen molar-refractivity contribution < 1.29 is 23.6 Å². The SMILES string of the molecule is Cc1ccc2c(c1)C(=O)N(CCC(=O)Nc1ccc(NC(=O)c3ccco3)cc1)C2=O. The highest BCUT2D eigenvalue weighted by Crippen LogP contribution is 2.24. The number of furan rings is 1. The maximum Gasteiger partial charge on any atom is 0.291 e. The quantitative estimate of drug-likeness (QED) is 0.597. The maximum atomic E-state index is 12.5. The number of anilines is 2. The van der Waals surface area contributed by atoms with Crippen LogP contribution in [0.15, 0.2) is 65.3 Å². The maximum absolute atomic E-state index is 12.5. The Bertz CT molecular complexity index is 1170. The van der Waals surface area contributed by atoms with E-state index in [0.717, 1.165) is 10.5 Å². The van der Waals surface area contributed by atoms with Gasteiger partial charge in [0, 0.05) is 24.3 Å². The highest BCUT2D eigenvalue weighted by atomic mass is 16.3. The van der Waals surface area contributed by atoms with Crippen LogP contribution in [0.4, 0.5) is 11.4 Å². The number of imide groups is 1. The molecule has 1 aromatic heterocycles. The van der Waals surface area contributed by atoms with E-state index < -0.39 is 0 Å². The van der Waals surface area contributed by atoms with E-state index in [4.69, 9.17) is 4.42 Å². The first-order valence-corrected chi connectivity index (χ1v) is 9.64. The van der Waals surface area contributed by atoms with Crippen molar-refractivity contribution >= 4 is 35.0 Å². The van der Waals surface area contributed by atoms with Crippen LogP contribution in [0.25, 0.3) is 0 Å². The van der Waals surface area contributed by atoms with Gasteiger partial charge in [-0.1, -0.05) is 11.6 Å². The van der Waals surface area contributed by atoms with E-state index >= 15 is 0 Å². The predicted molar refractivity (Wildman–Crippen MR) is 113 cm³/mol. The summed E-state index contributed by atoms with van der Waals surface area (Å²) >= 11 is 0. The Labute approximate surface area is 177 Å². The molecule has 31 heavy (non-hydrogen) atoms. The number of rotatable bonds is 6. The van der Waals surface area contributed by atoms with Crippen LogP contribution in [0.5, 0.6) is 0 Å². The van der Waals surface area contributed by atoms with Crippen molar-refractivity contribution in [3.8, 4) is 0 Å². The molecule has 0 aliphatic carbocycles. The molecule has 4 amide bonds. The third kappa shape index (κ3) is 4.23. The van der Waals surface area contributed by atoms with Crippen LogP contribution in [0, 0.1) is 6.92 Å². The van der Waals surface area contributed by atoms with Crippen molar-refractivity contribution in [2.75, 3.05) is 17.2 Å². The molecule has 2 N–H and O–H groups in total. The molecule has 0 radical (unpaired) electrons. The average molecular weight is 417 g/mol. The summed E-state index contributed by atoms with van der Waals surface area (Å²) in [5.74, 6) is -1.28. The Balaban J connectivity index is 1.31. The van der Waals surface area contributed by atoms with E-state index in [1.807, 2.05) is 6.92 Å². The molecule has 1 aliphatic rings. The Kier molecular flexibility index (Phi) is 5.36. The summed E-state index contributed by atoms with van der Waals surface area (Å²) in [7, 11) is 0. The van der Waals surface area contributed by atoms with Gasteiger partial charge in [-0.3, -0.25) is 24.1 Å². The van der Waals surface area contributed by atoms with E-state index in [1.165, 1.54) is 6.26 Å². The van der Waals surface area contributed by atoms with Crippen LogP contribution in [0.3, 0.4) is 0 Å². The van der Waals surface area contributed by atoms with Gasteiger partial charge in [-0.15, -0.1) is 0 Å². The lowest BCUT2D eigenvalue weighted by molar-refractivity contribution is -0.116. The number of carbonyl (C=O) groups is 4. The van der Waals surface area contributed by atoms with Crippen LogP contribution in [-0.2, 0) is 4.79 Å². The standard InChI is InChI=1S/C23H19N3O5/c1-14-4-9-17-18(13-14)23(30)26(22(17)29)11-10-20(27)24-15-5-7-16(8-6-15)25-21(28)19-3-2-12-31-19/h2-9,12-13H,10-11H2,1H3,(H,24,27)(H,25,28). The summed E-state index contributed by atoms with van der Waals surface area (Å²) < 4.78 is 5.03. The van der Waals surface area contributed by atoms with E-state index in [-0.39, 0.29) is 42.4 Å². The van der Waals surface area contributed by atoms with Crippen LogP contribution in [0.2, 0.25) is 0 Å². The molecule has 8 nitrogen and oxygen atoms in total. The molecule has 4 rings (SSSR count). The number of benzene rings is 2. The highest BCUT2D eigenvalue weighted by molar-refractivity contribution is 6.21. The molecule has 0 bridgehead atoms. The number of amides is 4. The van der Waals surface area contributed by atoms with Gasteiger partial charge >= 0.3 is 0 Å². The van der Waals surface area contributed by atoms with Gasteiger partial charge in [0.1, 0.15) is 0 Å². The number of hydrogen-bond donors (Lipinski definition) is 2. The summed E-state index contributed by atoms with van der Waals surface area (Å²) in [6.07, 6.45) is 1.39. The van der Waals surface area contributed by atoms with E-state index in [2.05, 4.69) is 10.6 Å². The molecule has 2 aromatic carbocycles. The van der Waals surface area contributed by atoms with Crippen LogP contribution >= 0.6 is 0 Å². The normalized spacial score (nSPS) is 12.6. The molecule has 0 fully saturated rings. The molecule has 1 aliphatic heterocycles. The Hall–Kier alpha value is -4.20. The van der Waals surface area contributed by atoms with Gasteiger partial charge in [0.05, 0.1) is 17.4 Å². The smallest absolute Gasteiger partial charge is 0.291 e. The molecule has 0 unspecified atom stereocenters. The zero-order valence-electron chi connectivity index (χ0n) is 16.7. The molecular weight excluding hydrogens is 398 g/mol. The van der Waals surface area contributed by atoms with Crippen molar-refractivity contribution in [1.82, 2.24) is 4.90 Å². The molecule has 0 atom stereocenters. The van der Waals surface area contributed by atoms with E-state index in [1.54, 1.807) is 54.6 Å². The lowest BCUT2D eigenvalue weighted by atomic mass is 10.1. The van der Waals surface area contributed by atoms with Gasteiger partial charge in [-0.25, -0.2) is 0 Å². The minimum atomic E-state index is -0.385. The fourth-order valence-electron chi connectivity index (χ4n) is 3.28. The zero-order valence-corrected chi connectivity index (χ0v) is 16.7. The average Bonchev–Trinajstić information content (AvgIpc) is 3.36. The van der Waals surface area contributed by atoms with Gasteiger partial charge in [0.25, 0.3) is 17.7 Å². The molecule has 0 spiro atoms. The second kappa shape index (κ2) is 8.27. The van der Waals surface area contributed by atoms with Crippen molar-refractivity contribution in [2.45, 2.75) is 13.3 Å². The number of nitrogens with one attached hydrogen (secondary N) is 2.